The Hall–Kier alpha value is -1.51. The molecule has 0 bridgehead atoms. The molecule has 0 fully saturated rings. The van der Waals surface area contributed by atoms with Crippen LogP contribution in [0.5, 0.6) is 0 Å². The first-order valence-corrected chi connectivity index (χ1v) is 4.24. The SMILES string of the molecule is N#Cc1c(CN)ccc(C(=O)O)c1S. The normalized spacial score (nSPS) is 9.50. The second kappa shape index (κ2) is 4.13. The van der Waals surface area contributed by atoms with Gasteiger partial charge in [0.2, 0.25) is 0 Å². The van der Waals surface area contributed by atoms with Gasteiger partial charge in [0.15, 0.2) is 0 Å². The molecule has 0 unspecified atom stereocenters. The maximum absolute atomic E-state index is 10.7. The highest BCUT2D eigenvalue weighted by Gasteiger charge is 2.13. The van der Waals surface area contributed by atoms with E-state index < -0.39 is 5.97 Å². The van der Waals surface area contributed by atoms with Crippen LogP contribution in [0.1, 0.15) is 21.5 Å². The molecule has 14 heavy (non-hydrogen) atoms. The Morgan fingerprint density at radius 2 is 2.29 bits per heavy atom. The second-order valence-electron chi connectivity index (χ2n) is 2.62. The van der Waals surface area contributed by atoms with Crippen LogP contribution in [0, 0.1) is 11.3 Å². The molecule has 4 nitrogen and oxygen atoms in total. The van der Waals surface area contributed by atoms with Gasteiger partial charge in [-0.15, -0.1) is 12.6 Å². The smallest absolute Gasteiger partial charge is 0.336 e. The number of thiol groups is 1. The monoisotopic (exact) mass is 208 g/mol. The van der Waals surface area contributed by atoms with E-state index in [-0.39, 0.29) is 22.6 Å². The first-order chi connectivity index (χ1) is 6.61. The number of carboxylic acids is 1. The van der Waals surface area contributed by atoms with E-state index in [0.29, 0.717) is 5.56 Å². The van der Waals surface area contributed by atoms with Gasteiger partial charge in [-0.05, 0) is 11.6 Å². The van der Waals surface area contributed by atoms with E-state index in [4.69, 9.17) is 16.1 Å². The lowest BCUT2D eigenvalue weighted by Crippen LogP contribution is -2.05. The molecule has 0 saturated carbocycles. The van der Waals surface area contributed by atoms with Crippen molar-refractivity contribution in [3.05, 3.63) is 28.8 Å². The van der Waals surface area contributed by atoms with Gasteiger partial charge in [-0.3, -0.25) is 0 Å². The molecular formula is C9H8N2O2S. The van der Waals surface area contributed by atoms with Gasteiger partial charge in [0.05, 0.1) is 11.1 Å². The third-order valence-electron chi connectivity index (χ3n) is 1.83. The maximum Gasteiger partial charge on any atom is 0.336 e. The molecule has 0 amide bonds. The van der Waals surface area contributed by atoms with Gasteiger partial charge >= 0.3 is 5.97 Å². The number of rotatable bonds is 2. The Labute approximate surface area is 86.4 Å². The fourth-order valence-corrected chi connectivity index (χ4v) is 1.46. The number of hydrogen-bond donors (Lipinski definition) is 3. The van der Waals surface area contributed by atoms with Crippen LogP contribution in [-0.4, -0.2) is 11.1 Å². The van der Waals surface area contributed by atoms with E-state index in [1.807, 2.05) is 6.07 Å². The Morgan fingerprint density at radius 3 is 2.71 bits per heavy atom. The molecule has 5 heteroatoms. The standard InChI is InChI=1S/C9H8N2O2S/c10-3-5-1-2-6(9(12)13)8(14)7(5)4-11/h1-2,14H,3,10H2,(H,12,13). The van der Waals surface area contributed by atoms with Crippen molar-refractivity contribution in [1.82, 2.24) is 0 Å². The zero-order valence-electron chi connectivity index (χ0n) is 7.19. The zero-order valence-corrected chi connectivity index (χ0v) is 8.08. The molecule has 0 aliphatic heterocycles. The highest BCUT2D eigenvalue weighted by atomic mass is 32.1. The van der Waals surface area contributed by atoms with Gasteiger partial charge in [0, 0.05) is 11.4 Å². The fourth-order valence-electron chi connectivity index (χ4n) is 1.10. The predicted molar refractivity (Wildman–Crippen MR) is 53.3 cm³/mol. The number of carbonyl (C=O) groups is 1. The molecule has 1 aromatic rings. The van der Waals surface area contributed by atoms with Gasteiger partial charge in [-0.1, -0.05) is 6.07 Å². The van der Waals surface area contributed by atoms with E-state index in [1.165, 1.54) is 12.1 Å². The highest BCUT2D eigenvalue weighted by Crippen LogP contribution is 2.22. The van der Waals surface area contributed by atoms with Crippen molar-refractivity contribution in [2.75, 3.05) is 0 Å². The molecular weight excluding hydrogens is 200 g/mol. The van der Waals surface area contributed by atoms with Gasteiger partial charge in [0.25, 0.3) is 0 Å². The minimum atomic E-state index is -1.10. The summed E-state index contributed by atoms with van der Waals surface area (Å²) in [7, 11) is 0. The molecule has 0 aliphatic carbocycles. The second-order valence-corrected chi connectivity index (χ2v) is 3.06. The quantitative estimate of drug-likeness (QED) is 0.633. The van der Waals surface area contributed by atoms with Crippen LogP contribution in [0.3, 0.4) is 0 Å². The minimum absolute atomic E-state index is 0.0158. The zero-order chi connectivity index (χ0) is 10.7. The Bertz CT molecular complexity index is 424. The highest BCUT2D eigenvalue weighted by molar-refractivity contribution is 7.80. The van der Waals surface area contributed by atoms with Crippen molar-refractivity contribution in [3.63, 3.8) is 0 Å². The summed E-state index contributed by atoms with van der Waals surface area (Å²) in [5.41, 5.74) is 6.24. The summed E-state index contributed by atoms with van der Waals surface area (Å²) in [4.78, 5) is 10.9. The third-order valence-corrected chi connectivity index (χ3v) is 2.29. The molecule has 0 saturated heterocycles. The van der Waals surface area contributed by atoms with Gasteiger partial charge in [-0.25, -0.2) is 4.79 Å². The van der Waals surface area contributed by atoms with E-state index >= 15 is 0 Å². The van der Waals surface area contributed by atoms with E-state index in [9.17, 15) is 4.79 Å². The summed E-state index contributed by atoms with van der Waals surface area (Å²) in [5, 5.41) is 17.5. The number of aromatic carboxylic acids is 1. The van der Waals surface area contributed by atoms with Crippen LogP contribution in [-0.2, 0) is 6.54 Å². The summed E-state index contributed by atoms with van der Waals surface area (Å²) < 4.78 is 0. The van der Waals surface area contributed by atoms with Crippen molar-refractivity contribution in [1.29, 1.82) is 5.26 Å². The molecule has 1 aromatic carbocycles. The third kappa shape index (κ3) is 1.71. The Kier molecular flexibility index (Phi) is 3.12. The van der Waals surface area contributed by atoms with Crippen LogP contribution in [0.2, 0.25) is 0 Å². The number of benzene rings is 1. The lowest BCUT2D eigenvalue weighted by molar-refractivity contribution is 0.0693. The van der Waals surface area contributed by atoms with Gasteiger partial charge < -0.3 is 10.8 Å². The molecule has 0 heterocycles. The molecule has 1 rings (SSSR count). The fraction of sp³-hybridized carbons (Fsp3) is 0.111. The van der Waals surface area contributed by atoms with Crippen LogP contribution in [0.15, 0.2) is 17.0 Å². The lowest BCUT2D eigenvalue weighted by atomic mass is 10.0. The predicted octanol–water partition coefficient (Wildman–Crippen LogP) is 1.00. The Balaban J connectivity index is 3.44. The molecule has 0 aromatic heterocycles. The van der Waals surface area contributed by atoms with Crippen molar-refractivity contribution < 1.29 is 9.90 Å². The van der Waals surface area contributed by atoms with Crippen molar-refractivity contribution >= 4 is 18.6 Å². The summed E-state index contributed by atoms with van der Waals surface area (Å²) in [6.07, 6.45) is 0. The van der Waals surface area contributed by atoms with Crippen molar-refractivity contribution in [3.8, 4) is 6.07 Å². The first-order valence-electron chi connectivity index (χ1n) is 3.80. The summed E-state index contributed by atoms with van der Waals surface area (Å²) >= 11 is 4.00. The number of hydrogen-bond acceptors (Lipinski definition) is 4. The van der Waals surface area contributed by atoms with Crippen LogP contribution in [0.4, 0.5) is 0 Å². The molecule has 0 atom stereocenters. The van der Waals surface area contributed by atoms with Crippen molar-refractivity contribution in [2.45, 2.75) is 11.4 Å². The first kappa shape index (κ1) is 10.6. The average Bonchev–Trinajstić information content (AvgIpc) is 2.16. The molecule has 3 N–H and O–H groups in total. The molecule has 0 radical (unpaired) electrons. The topological polar surface area (TPSA) is 87.1 Å². The molecule has 0 aliphatic rings. The number of nitrogens with zero attached hydrogens (tertiary/aromatic N) is 1. The lowest BCUT2D eigenvalue weighted by Gasteiger charge is -2.06. The van der Waals surface area contributed by atoms with Gasteiger partial charge in [-0.2, -0.15) is 5.26 Å². The summed E-state index contributed by atoms with van der Waals surface area (Å²) in [6, 6.07) is 4.82. The maximum atomic E-state index is 10.7. The number of nitriles is 1. The number of nitrogens with two attached hydrogens (primary N) is 1. The average molecular weight is 208 g/mol. The number of carboxylic acid groups (broad SMARTS) is 1. The van der Waals surface area contributed by atoms with Crippen LogP contribution in [0.25, 0.3) is 0 Å². The summed E-state index contributed by atoms with van der Waals surface area (Å²) in [6.45, 7) is 0.191. The van der Waals surface area contributed by atoms with Gasteiger partial charge in [0.1, 0.15) is 6.07 Å². The van der Waals surface area contributed by atoms with Crippen molar-refractivity contribution in [2.24, 2.45) is 5.73 Å². The van der Waals surface area contributed by atoms with E-state index in [1.54, 1.807) is 0 Å². The molecule has 72 valence electrons. The van der Waals surface area contributed by atoms with Crippen LogP contribution >= 0.6 is 12.6 Å². The summed E-state index contributed by atoms with van der Waals surface area (Å²) in [5.74, 6) is -1.10. The molecule has 0 spiro atoms. The largest absolute Gasteiger partial charge is 0.478 e. The minimum Gasteiger partial charge on any atom is -0.478 e. The Morgan fingerprint density at radius 1 is 1.64 bits per heavy atom. The van der Waals surface area contributed by atoms with Crippen LogP contribution < -0.4 is 5.73 Å². The van der Waals surface area contributed by atoms with E-state index in [0.717, 1.165) is 0 Å². The van der Waals surface area contributed by atoms with E-state index in [2.05, 4.69) is 12.6 Å².